The molecule has 8 heteroatoms. The third-order valence-corrected chi connectivity index (χ3v) is 7.22. The zero-order chi connectivity index (χ0) is 27.8. The number of ether oxygens (including phenoxy) is 2. The number of esters is 1. The van der Waals surface area contributed by atoms with E-state index in [1.807, 2.05) is 55.5 Å². The monoisotopic (exact) mass is 534 g/mol. The van der Waals surface area contributed by atoms with Crippen LogP contribution in [-0.4, -0.2) is 31.0 Å². The minimum absolute atomic E-state index is 0.234. The summed E-state index contributed by atoms with van der Waals surface area (Å²) in [4.78, 5) is 47.7. The van der Waals surface area contributed by atoms with E-state index in [1.54, 1.807) is 59.7 Å². The summed E-state index contributed by atoms with van der Waals surface area (Å²) < 4.78 is 11.2. The van der Waals surface area contributed by atoms with Crippen molar-refractivity contribution in [1.82, 2.24) is 0 Å². The van der Waals surface area contributed by atoms with Crippen molar-refractivity contribution in [3.05, 3.63) is 120 Å². The predicted molar refractivity (Wildman–Crippen MR) is 148 cm³/mol. The SMILES string of the molecule is COc1cc([C@H]2[C@H]3C(=O)N(c4ccccc4C)C(=O)[C@@H]3ON2c2ccccc2)ccc1OC(=O)c1ccccc1. The standard InChI is InChI=1S/C32H26N2O6/c1-20-11-9-10-16-24(20)33-30(35)27-28(34(40-29(27)31(33)36)23-14-7-4-8-15-23)22-17-18-25(26(19-22)38-2)39-32(37)21-12-5-3-6-13-21/h3-19,27-29H,1-2H3/t27-,28+,29-/m1/s1. The van der Waals surface area contributed by atoms with Gasteiger partial charge < -0.3 is 9.47 Å². The van der Waals surface area contributed by atoms with Gasteiger partial charge in [-0.2, -0.15) is 0 Å². The number of fused-ring (bicyclic) bond motifs is 1. The predicted octanol–water partition coefficient (Wildman–Crippen LogP) is 5.27. The minimum Gasteiger partial charge on any atom is -0.493 e. The van der Waals surface area contributed by atoms with Crippen LogP contribution in [0.25, 0.3) is 0 Å². The molecule has 2 saturated heterocycles. The molecule has 40 heavy (non-hydrogen) atoms. The van der Waals surface area contributed by atoms with E-state index in [1.165, 1.54) is 12.0 Å². The van der Waals surface area contributed by atoms with Crippen LogP contribution in [0.5, 0.6) is 11.5 Å². The third-order valence-electron chi connectivity index (χ3n) is 7.22. The summed E-state index contributed by atoms with van der Waals surface area (Å²) in [6.45, 7) is 1.86. The molecule has 2 aliphatic rings. The van der Waals surface area contributed by atoms with Crippen LogP contribution in [0.15, 0.2) is 103 Å². The van der Waals surface area contributed by atoms with Gasteiger partial charge in [0.15, 0.2) is 17.6 Å². The summed E-state index contributed by atoms with van der Waals surface area (Å²) in [5.74, 6) is -1.54. The molecule has 0 unspecified atom stereocenters. The molecule has 0 saturated carbocycles. The number of imide groups is 1. The second-order valence-electron chi connectivity index (χ2n) is 9.62. The van der Waals surface area contributed by atoms with Crippen LogP contribution in [0.3, 0.4) is 0 Å². The van der Waals surface area contributed by atoms with Gasteiger partial charge in [-0.3, -0.25) is 14.4 Å². The molecular weight excluding hydrogens is 508 g/mol. The number of carbonyl (C=O) groups is 3. The van der Waals surface area contributed by atoms with Crippen LogP contribution in [0.1, 0.15) is 27.5 Å². The van der Waals surface area contributed by atoms with Gasteiger partial charge in [0.25, 0.3) is 5.91 Å². The molecule has 6 rings (SSSR count). The molecule has 8 nitrogen and oxygen atoms in total. The van der Waals surface area contributed by atoms with Gasteiger partial charge in [0.1, 0.15) is 5.92 Å². The van der Waals surface area contributed by atoms with Gasteiger partial charge >= 0.3 is 5.97 Å². The topological polar surface area (TPSA) is 85.4 Å². The Morgan fingerprint density at radius 3 is 2.17 bits per heavy atom. The Morgan fingerprint density at radius 1 is 0.800 bits per heavy atom. The first-order valence-electron chi connectivity index (χ1n) is 12.9. The van der Waals surface area contributed by atoms with Crippen LogP contribution in [0.4, 0.5) is 11.4 Å². The highest BCUT2D eigenvalue weighted by Crippen LogP contribution is 2.49. The maximum absolute atomic E-state index is 13.9. The molecule has 2 heterocycles. The average molecular weight is 535 g/mol. The van der Waals surface area contributed by atoms with E-state index in [2.05, 4.69) is 0 Å². The Kier molecular flexibility index (Phi) is 6.53. The number of rotatable bonds is 6. The lowest BCUT2D eigenvalue weighted by Crippen LogP contribution is -2.37. The highest BCUT2D eigenvalue weighted by atomic mass is 16.7. The van der Waals surface area contributed by atoms with Crippen molar-refractivity contribution in [2.45, 2.75) is 19.1 Å². The van der Waals surface area contributed by atoms with Crippen LogP contribution in [0, 0.1) is 12.8 Å². The first-order valence-corrected chi connectivity index (χ1v) is 12.9. The third kappa shape index (κ3) is 4.28. The molecular formula is C32H26N2O6. The van der Waals surface area contributed by atoms with E-state index in [0.29, 0.717) is 28.3 Å². The molecule has 0 radical (unpaired) electrons. The largest absolute Gasteiger partial charge is 0.493 e. The van der Waals surface area contributed by atoms with E-state index >= 15 is 0 Å². The maximum Gasteiger partial charge on any atom is 0.343 e. The van der Waals surface area contributed by atoms with E-state index in [0.717, 1.165) is 5.56 Å². The number of para-hydroxylation sites is 2. The Bertz CT molecular complexity index is 1590. The Labute approximate surface area is 231 Å². The number of hydrogen-bond acceptors (Lipinski definition) is 7. The summed E-state index contributed by atoms with van der Waals surface area (Å²) >= 11 is 0. The number of carbonyl (C=O) groups excluding carboxylic acids is 3. The number of methoxy groups -OCH3 is 1. The number of nitrogens with zero attached hydrogens (tertiary/aromatic N) is 2. The fourth-order valence-corrected chi connectivity index (χ4v) is 5.29. The maximum atomic E-state index is 13.9. The minimum atomic E-state index is -1.00. The van der Waals surface area contributed by atoms with Crippen LogP contribution >= 0.6 is 0 Å². The lowest BCUT2D eigenvalue weighted by atomic mass is 9.90. The molecule has 0 bridgehead atoms. The quantitative estimate of drug-likeness (QED) is 0.189. The molecule has 200 valence electrons. The van der Waals surface area contributed by atoms with Crippen molar-refractivity contribution in [2.24, 2.45) is 5.92 Å². The Hall–Kier alpha value is -4.95. The average Bonchev–Trinajstić information content (AvgIpc) is 3.50. The number of hydroxylamine groups is 1. The van der Waals surface area contributed by atoms with Crippen molar-refractivity contribution in [1.29, 1.82) is 0 Å². The van der Waals surface area contributed by atoms with Crippen molar-refractivity contribution < 1.29 is 28.7 Å². The highest BCUT2D eigenvalue weighted by molar-refractivity contribution is 6.24. The molecule has 2 amide bonds. The molecule has 0 aliphatic carbocycles. The number of hydrogen-bond donors (Lipinski definition) is 0. The van der Waals surface area contributed by atoms with Crippen molar-refractivity contribution >= 4 is 29.2 Å². The molecule has 2 fully saturated rings. The molecule has 4 aromatic carbocycles. The van der Waals surface area contributed by atoms with Gasteiger partial charge in [-0.1, -0.05) is 60.7 Å². The van der Waals surface area contributed by atoms with Gasteiger partial charge in [0.05, 0.1) is 30.1 Å². The zero-order valence-corrected chi connectivity index (χ0v) is 21.9. The summed E-state index contributed by atoms with van der Waals surface area (Å²) in [7, 11) is 1.48. The van der Waals surface area contributed by atoms with E-state index in [-0.39, 0.29) is 11.7 Å². The molecule has 0 N–H and O–H groups in total. The van der Waals surface area contributed by atoms with Gasteiger partial charge in [-0.25, -0.2) is 14.8 Å². The smallest absolute Gasteiger partial charge is 0.343 e. The van der Waals surface area contributed by atoms with Gasteiger partial charge in [-0.15, -0.1) is 0 Å². The second-order valence-corrected chi connectivity index (χ2v) is 9.62. The van der Waals surface area contributed by atoms with Crippen molar-refractivity contribution in [3.63, 3.8) is 0 Å². The van der Waals surface area contributed by atoms with Crippen molar-refractivity contribution in [2.75, 3.05) is 17.1 Å². The molecule has 3 atom stereocenters. The summed E-state index contributed by atoms with van der Waals surface area (Å²) in [5, 5.41) is 1.62. The van der Waals surface area contributed by atoms with Crippen LogP contribution < -0.4 is 19.4 Å². The summed E-state index contributed by atoms with van der Waals surface area (Å²) in [6, 6.07) is 29.7. The highest BCUT2D eigenvalue weighted by Gasteiger charge is 2.60. The first-order chi connectivity index (χ1) is 19.5. The number of aryl methyl sites for hydroxylation is 1. The fourth-order valence-electron chi connectivity index (χ4n) is 5.29. The summed E-state index contributed by atoms with van der Waals surface area (Å²) in [6.07, 6.45) is -1.00. The zero-order valence-electron chi connectivity index (χ0n) is 21.9. The Balaban J connectivity index is 1.39. The second kappa shape index (κ2) is 10.3. The molecule has 0 spiro atoms. The van der Waals surface area contributed by atoms with E-state index in [4.69, 9.17) is 14.3 Å². The summed E-state index contributed by atoms with van der Waals surface area (Å²) in [5.41, 5.74) is 3.12. The lowest BCUT2D eigenvalue weighted by molar-refractivity contribution is -0.126. The van der Waals surface area contributed by atoms with E-state index in [9.17, 15) is 14.4 Å². The molecule has 2 aliphatic heterocycles. The van der Waals surface area contributed by atoms with Gasteiger partial charge in [0.2, 0.25) is 5.91 Å². The molecule has 4 aromatic rings. The number of anilines is 2. The number of amides is 2. The fraction of sp³-hybridized carbons (Fsp3) is 0.156. The van der Waals surface area contributed by atoms with E-state index < -0.39 is 29.9 Å². The van der Waals surface area contributed by atoms with Crippen LogP contribution in [-0.2, 0) is 14.4 Å². The first kappa shape index (κ1) is 25.3. The Morgan fingerprint density at radius 2 is 1.48 bits per heavy atom. The van der Waals surface area contributed by atoms with Crippen molar-refractivity contribution in [3.8, 4) is 11.5 Å². The molecule has 0 aromatic heterocycles. The lowest BCUT2D eigenvalue weighted by Gasteiger charge is -2.29. The van der Waals surface area contributed by atoms with Crippen LogP contribution in [0.2, 0.25) is 0 Å². The van der Waals surface area contributed by atoms with Gasteiger partial charge in [0, 0.05) is 0 Å². The van der Waals surface area contributed by atoms with Gasteiger partial charge in [-0.05, 0) is 60.5 Å². The normalized spacial score (nSPS) is 20.0. The number of benzene rings is 4.